The molecule has 4 atom stereocenters. The lowest BCUT2D eigenvalue weighted by molar-refractivity contribution is 0.0940. The van der Waals surface area contributed by atoms with Crippen molar-refractivity contribution in [3.8, 4) is 5.75 Å². The van der Waals surface area contributed by atoms with Crippen LogP contribution >= 0.6 is 0 Å². The maximum Gasteiger partial charge on any atom is 0.224 e. The fraction of sp³-hybridized carbons (Fsp3) is 0.524. The summed E-state index contributed by atoms with van der Waals surface area (Å²) in [7, 11) is 5.64. The molecule has 0 amide bonds. The number of fused-ring (bicyclic) bond motifs is 1. The van der Waals surface area contributed by atoms with Crippen LogP contribution < -0.4 is 15.0 Å². The van der Waals surface area contributed by atoms with Crippen molar-refractivity contribution in [2.75, 3.05) is 26.1 Å². The van der Waals surface area contributed by atoms with Crippen LogP contribution in [0.15, 0.2) is 36.7 Å². The Morgan fingerprint density at radius 3 is 2.42 bits per heavy atom. The highest BCUT2D eigenvalue weighted by Crippen LogP contribution is 2.56. The minimum Gasteiger partial charge on any atom is -0.497 e. The molecule has 2 fully saturated rings. The van der Waals surface area contributed by atoms with Gasteiger partial charge in [-0.25, -0.2) is 9.97 Å². The quantitative estimate of drug-likeness (QED) is 0.865. The number of anilines is 1. The molecule has 4 rings (SSSR count). The van der Waals surface area contributed by atoms with Gasteiger partial charge in [0, 0.05) is 50.6 Å². The van der Waals surface area contributed by atoms with Crippen molar-refractivity contribution in [1.82, 2.24) is 15.3 Å². The third-order valence-corrected chi connectivity index (χ3v) is 6.07. The summed E-state index contributed by atoms with van der Waals surface area (Å²) in [4.78, 5) is 10.8. The Balaban J connectivity index is 1.45. The molecule has 5 nitrogen and oxygen atoms in total. The van der Waals surface area contributed by atoms with Gasteiger partial charge >= 0.3 is 0 Å². The largest absolute Gasteiger partial charge is 0.497 e. The van der Waals surface area contributed by atoms with Crippen molar-refractivity contribution < 1.29 is 4.74 Å². The van der Waals surface area contributed by atoms with Crippen molar-refractivity contribution in [2.24, 2.45) is 11.8 Å². The van der Waals surface area contributed by atoms with E-state index in [1.165, 1.54) is 24.8 Å². The first-order valence-corrected chi connectivity index (χ1v) is 9.53. The molecule has 1 heterocycles. The van der Waals surface area contributed by atoms with Gasteiger partial charge < -0.3 is 15.0 Å². The highest BCUT2D eigenvalue weighted by atomic mass is 16.5. The van der Waals surface area contributed by atoms with Crippen LogP contribution in [0, 0.1) is 11.8 Å². The highest BCUT2D eigenvalue weighted by Gasteiger charge is 2.52. The number of ether oxygens (including phenoxy) is 1. The van der Waals surface area contributed by atoms with Crippen molar-refractivity contribution in [3.05, 3.63) is 47.8 Å². The average Bonchev–Trinajstić information content (AvgIpc) is 3.06. The molecule has 2 aliphatic carbocycles. The van der Waals surface area contributed by atoms with Crippen LogP contribution in [0.5, 0.6) is 5.75 Å². The number of benzene rings is 1. The zero-order valence-electron chi connectivity index (χ0n) is 15.9. The van der Waals surface area contributed by atoms with Gasteiger partial charge in [0.2, 0.25) is 5.95 Å². The van der Waals surface area contributed by atoms with E-state index in [-0.39, 0.29) is 0 Å². The van der Waals surface area contributed by atoms with Gasteiger partial charge in [-0.2, -0.15) is 0 Å². The SMILES string of the molecule is COc1ccc([C@@H]2[C@@H]3CCC[C@H]3[C@H]2NCc2cnc(N(C)C)nc2)cc1. The summed E-state index contributed by atoms with van der Waals surface area (Å²) in [5.74, 6) is 3.93. The summed E-state index contributed by atoms with van der Waals surface area (Å²) in [5.41, 5.74) is 2.58. The maximum absolute atomic E-state index is 5.31. The van der Waals surface area contributed by atoms with Gasteiger partial charge in [-0.3, -0.25) is 0 Å². The minimum atomic E-state index is 0.546. The van der Waals surface area contributed by atoms with Crippen molar-refractivity contribution in [3.63, 3.8) is 0 Å². The van der Waals surface area contributed by atoms with E-state index < -0.39 is 0 Å². The molecule has 2 saturated carbocycles. The third kappa shape index (κ3) is 3.16. The normalized spacial score (nSPS) is 26.9. The molecule has 2 aromatic rings. The van der Waals surface area contributed by atoms with Crippen LogP contribution in [0.4, 0.5) is 5.95 Å². The Morgan fingerprint density at radius 2 is 1.77 bits per heavy atom. The Labute approximate surface area is 155 Å². The first-order chi connectivity index (χ1) is 12.7. The van der Waals surface area contributed by atoms with Gasteiger partial charge in [0.1, 0.15) is 5.75 Å². The third-order valence-electron chi connectivity index (χ3n) is 6.07. The predicted octanol–water partition coefficient (Wildman–Crippen LogP) is 3.22. The second kappa shape index (κ2) is 7.23. The molecular formula is C21H28N4O. The average molecular weight is 352 g/mol. The zero-order valence-corrected chi connectivity index (χ0v) is 15.9. The lowest BCUT2D eigenvalue weighted by atomic mass is 9.60. The summed E-state index contributed by atoms with van der Waals surface area (Å²) in [5, 5.41) is 3.81. The molecule has 1 aromatic heterocycles. The summed E-state index contributed by atoms with van der Waals surface area (Å²) in [6.45, 7) is 0.828. The van der Waals surface area contributed by atoms with Crippen molar-refractivity contribution in [2.45, 2.75) is 37.8 Å². The molecule has 1 N–H and O–H groups in total. The Hall–Kier alpha value is -2.14. The first kappa shape index (κ1) is 17.3. The van der Waals surface area contributed by atoms with Crippen LogP contribution in [-0.4, -0.2) is 37.2 Å². The fourth-order valence-corrected chi connectivity index (χ4v) is 4.76. The van der Waals surface area contributed by atoms with Gasteiger partial charge in [-0.15, -0.1) is 0 Å². The van der Waals surface area contributed by atoms with Gasteiger partial charge in [-0.05, 0) is 42.4 Å². The molecule has 138 valence electrons. The van der Waals surface area contributed by atoms with Crippen molar-refractivity contribution in [1.29, 1.82) is 0 Å². The van der Waals surface area contributed by atoms with Crippen LogP contribution in [-0.2, 0) is 6.54 Å². The number of rotatable bonds is 6. The molecule has 0 spiro atoms. The van der Waals surface area contributed by atoms with E-state index in [9.17, 15) is 0 Å². The van der Waals surface area contributed by atoms with Crippen LogP contribution in [0.2, 0.25) is 0 Å². The Kier molecular flexibility index (Phi) is 4.81. The highest BCUT2D eigenvalue weighted by molar-refractivity contribution is 5.34. The lowest BCUT2D eigenvalue weighted by Gasteiger charge is -2.50. The topological polar surface area (TPSA) is 50.3 Å². The molecule has 2 aliphatic rings. The monoisotopic (exact) mass is 352 g/mol. The number of nitrogens with zero attached hydrogens (tertiary/aromatic N) is 3. The maximum atomic E-state index is 5.31. The van der Waals surface area contributed by atoms with Crippen LogP contribution in [0.1, 0.15) is 36.3 Å². The molecule has 0 unspecified atom stereocenters. The number of aromatic nitrogens is 2. The summed E-state index contributed by atoms with van der Waals surface area (Å²) in [6, 6.07) is 9.19. The van der Waals surface area contributed by atoms with Gasteiger partial charge in [0.25, 0.3) is 0 Å². The van der Waals surface area contributed by atoms with E-state index in [0.29, 0.717) is 12.0 Å². The second-order valence-corrected chi connectivity index (χ2v) is 7.75. The van der Waals surface area contributed by atoms with Crippen LogP contribution in [0.25, 0.3) is 0 Å². The van der Waals surface area contributed by atoms with Gasteiger partial charge in [0.05, 0.1) is 7.11 Å². The minimum absolute atomic E-state index is 0.546. The smallest absolute Gasteiger partial charge is 0.224 e. The Morgan fingerprint density at radius 1 is 1.08 bits per heavy atom. The summed E-state index contributed by atoms with van der Waals surface area (Å²) >= 11 is 0. The van der Waals surface area contributed by atoms with Gasteiger partial charge in [-0.1, -0.05) is 18.6 Å². The Bertz CT molecular complexity index is 729. The zero-order chi connectivity index (χ0) is 18.1. The number of nitrogens with one attached hydrogen (secondary N) is 1. The van der Waals surface area contributed by atoms with E-state index in [2.05, 4.69) is 39.6 Å². The van der Waals surface area contributed by atoms with E-state index in [1.807, 2.05) is 31.4 Å². The first-order valence-electron chi connectivity index (χ1n) is 9.53. The number of methoxy groups -OCH3 is 1. The van der Waals surface area contributed by atoms with Crippen LogP contribution in [0.3, 0.4) is 0 Å². The van der Waals surface area contributed by atoms with E-state index in [0.717, 1.165) is 35.6 Å². The second-order valence-electron chi connectivity index (χ2n) is 7.75. The number of hydrogen-bond donors (Lipinski definition) is 1. The lowest BCUT2D eigenvalue weighted by Crippen LogP contribution is -2.54. The molecule has 0 radical (unpaired) electrons. The van der Waals surface area contributed by atoms with Crippen molar-refractivity contribution >= 4 is 5.95 Å². The van der Waals surface area contributed by atoms with E-state index in [1.54, 1.807) is 7.11 Å². The standard InChI is InChI=1S/C21H28N4O/c1-25(2)21-23-12-14(13-24-21)11-22-20-18-6-4-5-17(18)19(20)15-7-9-16(26-3)10-8-15/h7-10,12-13,17-20,22H,4-6,11H2,1-3H3/t17-,18-,19-,20-/m1/s1. The molecule has 0 saturated heterocycles. The summed E-state index contributed by atoms with van der Waals surface area (Å²) < 4.78 is 5.31. The van der Waals surface area contributed by atoms with Gasteiger partial charge in [0.15, 0.2) is 0 Å². The number of hydrogen-bond acceptors (Lipinski definition) is 5. The molecule has 5 heteroatoms. The van der Waals surface area contributed by atoms with E-state index in [4.69, 9.17) is 4.74 Å². The fourth-order valence-electron chi connectivity index (χ4n) is 4.76. The molecule has 26 heavy (non-hydrogen) atoms. The molecule has 1 aromatic carbocycles. The summed E-state index contributed by atoms with van der Waals surface area (Å²) in [6.07, 6.45) is 7.94. The molecule has 0 aliphatic heterocycles. The predicted molar refractivity (Wildman–Crippen MR) is 104 cm³/mol. The van der Waals surface area contributed by atoms with E-state index >= 15 is 0 Å². The molecular weight excluding hydrogens is 324 g/mol. The molecule has 0 bridgehead atoms.